The first kappa shape index (κ1) is 25.0. The average Bonchev–Trinajstić information content (AvgIpc) is 3.18. The van der Waals surface area contributed by atoms with Gasteiger partial charge in [-0.15, -0.1) is 0 Å². The molecule has 0 bridgehead atoms. The van der Waals surface area contributed by atoms with Crippen molar-refractivity contribution in [1.82, 2.24) is 10.0 Å². The number of carboxylic acids is 1. The van der Waals surface area contributed by atoms with Crippen molar-refractivity contribution < 1.29 is 27.3 Å². The molecule has 3 aromatic carbocycles. The fraction of sp³-hybridized carbons (Fsp3) is 0.148. The lowest BCUT2D eigenvalue weighted by Gasteiger charge is -2.13. The first-order valence-electron chi connectivity index (χ1n) is 11.3. The fourth-order valence-corrected chi connectivity index (χ4v) is 4.65. The van der Waals surface area contributed by atoms with Crippen LogP contribution in [-0.4, -0.2) is 30.7 Å². The molecule has 0 saturated heterocycles. The summed E-state index contributed by atoms with van der Waals surface area (Å²) in [6.45, 7) is 4.08. The molecule has 0 radical (unpaired) electrons. The van der Waals surface area contributed by atoms with Crippen LogP contribution in [0, 0.1) is 6.92 Å². The Morgan fingerprint density at radius 1 is 1.06 bits per heavy atom. The fourth-order valence-electron chi connectivity index (χ4n) is 3.73. The summed E-state index contributed by atoms with van der Waals surface area (Å²) in [5.74, 6) is -0.782. The summed E-state index contributed by atoms with van der Waals surface area (Å²) in [4.78, 5) is 16.9. The highest BCUT2D eigenvalue weighted by Crippen LogP contribution is 2.26. The minimum atomic E-state index is -4.02. The number of nitrogens with zero attached hydrogens (tertiary/aromatic N) is 1. The van der Waals surface area contributed by atoms with Crippen molar-refractivity contribution in [2.75, 3.05) is 6.61 Å². The molecule has 0 amide bonds. The van der Waals surface area contributed by atoms with Crippen LogP contribution in [0.1, 0.15) is 23.6 Å². The van der Waals surface area contributed by atoms with Gasteiger partial charge >= 0.3 is 16.1 Å². The first-order chi connectivity index (χ1) is 17.3. The van der Waals surface area contributed by atoms with Crippen LogP contribution in [-0.2, 0) is 26.2 Å². The lowest BCUT2D eigenvalue weighted by Crippen LogP contribution is -2.14. The molecule has 4 rings (SSSR count). The Hall–Kier alpha value is -4.08. The monoisotopic (exact) mass is 506 g/mol. The predicted molar refractivity (Wildman–Crippen MR) is 138 cm³/mol. The molecular weight excluding hydrogens is 480 g/mol. The Kier molecular flexibility index (Phi) is 7.42. The van der Waals surface area contributed by atoms with E-state index in [2.05, 4.69) is 5.48 Å². The molecule has 186 valence electrons. The number of rotatable bonds is 10. The highest BCUT2D eigenvalue weighted by atomic mass is 32.2. The van der Waals surface area contributed by atoms with Gasteiger partial charge < -0.3 is 13.9 Å². The molecule has 0 unspecified atom stereocenters. The second kappa shape index (κ2) is 10.7. The van der Waals surface area contributed by atoms with Crippen molar-refractivity contribution in [3.05, 3.63) is 95.7 Å². The van der Waals surface area contributed by atoms with Gasteiger partial charge in [-0.1, -0.05) is 48.0 Å². The molecule has 9 heteroatoms. The van der Waals surface area contributed by atoms with E-state index in [1.54, 1.807) is 48.8 Å². The Balaban J connectivity index is 1.72. The lowest BCUT2D eigenvalue weighted by atomic mass is 10.1. The summed E-state index contributed by atoms with van der Waals surface area (Å²) in [5, 5.41) is 10.1. The molecule has 0 atom stereocenters. The highest BCUT2D eigenvalue weighted by molar-refractivity contribution is 7.87. The van der Waals surface area contributed by atoms with E-state index in [9.17, 15) is 18.3 Å². The van der Waals surface area contributed by atoms with Crippen LogP contribution < -0.4 is 9.66 Å². The zero-order valence-corrected chi connectivity index (χ0v) is 20.7. The minimum Gasteiger partial charge on any atom is -0.481 e. The SMILES string of the molecule is CCONC(=Cn1cc(CC(=O)O)c2ccccc21)c1cccc(OS(=O)(=O)c2ccc(C)cc2)c1. The zero-order chi connectivity index (χ0) is 25.7. The standard InChI is InChI=1S/C27H26N2O6S/c1-3-34-28-25(18-29-17-21(16-27(30)31)24-9-4-5-10-26(24)29)20-7-6-8-22(15-20)35-36(32,33)23-13-11-19(2)12-14-23/h4-15,17-18,28H,3,16H2,1-2H3,(H,30,31). The van der Waals surface area contributed by atoms with Gasteiger partial charge in [0.1, 0.15) is 10.6 Å². The van der Waals surface area contributed by atoms with Crippen molar-refractivity contribution in [2.24, 2.45) is 0 Å². The number of para-hydroxylation sites is 1. The third-order valence-electron chi connectivity index (χ3n) is 5.42. The lowest BCUT2D eigenvalue weighted by molar-refractivity contribution is -0.136. The Bertz CT molecular complexity index is 1520. The maximum atomic E-state index is 12.8. The molecule has 0 aliphatic carbocycles. The summed E-state index contributed by atoms with van der Waals surface area (Å²) in [6.07, 6.45) is 3.40. The van der Waals surface area contributed by atoms with E-state index in [4.69, 9.17) is 9.02 Å². The second-order valence-electron chi connectivity index (χ2n) is 8.11. The molecule has 0 saturated carbocycles. The van der Waals surface area contributed by atoms with Crippen molar-refractivity contribution in [3.63, 3.8) is 0 Å². The van der Waals surface area contributed by atoms with E-state index in [1.165, 1.54) is 12.1 Å². The van der Waals surface area contributed by atoms with Crippen LogP contribution in [0.25, 0.3) is 22.8 Å². The zero-order valence-electron chi connectivity index (χ0n) is 19.8. The van der Waals surface area contributed by atoms with Crippen LogP contribution in [0.5, 0.6) is 5.75 Å². The van der Waals surface area contributed by atoms with Gasteiger partial charge in [-0.05, 0) is 49.7 Å². The Morgan fingerprint density at radius 2 is 1.81 bits per heavy atom. The first-order valence-corrected chi connectivity index (χ1v) is 12.7. The number of aromatic nitrogens is 1. The molecule has 1 heterocycles. The van der Waals surface area contributed by atoms with Gasteiger partial charge in [-0.3, -0.25) is 15.1 Å². The van der Waals surface area contributed by atoms with E-state index in [1.807, 2.05) is 42.7 Å². The van der Waals surface area contributed by atoms with Gasteiger partial charge in [0.15, 0.2) is 0 Å². The quantitative estimate of drug-likeness (QED) is 0.234. The molecule has 36 heavy (non-hydrogen) atoms. The van der Waals surface area contributed by atoms with Crippen LogP contribution in [0.2, 0.25) is 0 Å². The van der Waals surface area contributed by atoms with Crippen molar-refractivity contribution >= 4 is 38.9 Å². The van der Waals surface area contributed by atoms with Crippen LogP contribution in [0.4, 0.5) is 0 Å². The molecule has 4 aromatic rings. The smallest absolute Gasteiger partial charge is 0.339 e. The molecule has 1 aromatic heterocycles. The van der Waals surface area contributed by atoms with Crippen molar-refractivity contribution in [2.45, 2.75) is 25.2 Å². The number of aryl methyl sites for hydroxylation is 1. The second-order valence-corrected chi connectivity index (χ2v) is 9.65. The molecule has 0 aliphatic rings. The average molecular weight is 507 g/mol. The third-order valence-corrected chi connectivity index (χ3v) is 6.68. The number of hydrogen-bond donors (Lipinski definition) is 2. The maximum Gasteiger partial charge on any atom is 0.339 e. The molecule has 0 fully saturated rings. The summed E-state index contributed by atoms with van der Waals surface area (Å²) in [5.41, 5.74) is 6.46. The maximum absolute atomic E-state index is 12.8. The van der Waals surface area contributed by atoms with E-state index in [-0.39, 0.29) is 17.1 Å². The molecular formula is C27H26N2O6S. The minimum absolute atomic E-state index is 0.0616. The number of aliphatic carboxylic acids is 1. The van der Waals surface area contributed by atoms with Gasteiger partial charge in [0.2, 0.25) is 0 Å². The van der Waals surface area contributed by atoms with Gasteiger partial charge in [-0.2, -0.15) is 8.42 Å². The predicted octanol–water partition coefficient (Wildman–Crippen LogP) is 4.84. The van der Waals surface area contributed by atoms with Gasteiger partial charge in [0, 0.05) is 23.3 Å². The van der Waals surface area contributed by atoms with E-state index < -0.39 is 16.1 Å². The number of hydroxylamine groups is 1. The third kappa shape index (κ3) is 5.76. The van der Waals surface area contributed by atoms with E-state index in [0.717, 1.165) is 16.5 Å². The van der Waals surface area contributed by atoms with E-state index in [0.29, 0.717) is 23.4 Å². The number of nitrogens with one attached hydrogen (secondary N) is 1. The van der Waals surface area contributed by atoms with Crippen molar-refractivity contribution in [1.29, 1.82) is 0 Å². The van der Waals surface area contributed by atoms with Gasteiger partial charge in [0.25, 0.3) is 0 Å². The van der Waals surface area contributed by atoms with Crippen LogP contribution in [0.15, 0.2) is 83.9 Å². The highest BCUT2D eigenvalue weighted by Gasteiger charge is 2.17. The topological polar surface area (TPSA) is 107 Å². The summed E-state index contributed by atoms with van der Waals surface area (Å²) in [6, 6.07) is 20.5. The number of fused-ring (bicyclic) bond motifs is 1. The van der Waals surface area contributed by atoms with Crippen LogP contribution in [0.3, 0.4) is 0 Å². The van der Waals surface area contributed by atoms with Crippen molar-refractivity contribution in [3.8, 4) is 5.75 Å². The van der Waals surface area contributed by atoms with Gasteiger partial charge in [-0.25, -0.2) is 0 Å². The summed E-state index contributed by atoms with van der Waals surface area (Å²) < 4.78 is 32.7. The number of benzene rings is 3. The molecule has 2 N–H and O–H groups in total. The molecule has 0 spiro atoms. The summed E-state index contributed by atoms with van der Waals surface area (Å²) in [7, 11) is -4.02. The number of hydrogen-bond acceptors (Lipinski definition) is 6. The number of carbonyl (C=O) groups is 1. The largest absolute Gasteiger partial charge is 0.481 e. The molecule has 0 aliphatic heterocycles. The van der Waals surface area contributed by atoms with Gasteiger partial charge in [0.05, 0.1) is 24.2 Å². The molecule has 8 nitrogen and oxygen atoms in total. The normalized spacial score (nSPS) is 12.0. The van der Waals surface area contributed by atoms with Crippen LogP contribution >= 0.6 is 0 Å². The Morgan fingerprint density at radius 3 is 2.53 bits per heavy atom. The number of carboxylic acid groups (broad SMARTS) is 1. The van der Waals surface area contributed by atoms with E-state index >= 15 is 0 Å². The Labute approximate surface area is 209 Å². The summed E-state index contributed by atoms with van der Waals surface area (Å²) >= 11 is 0.